The highest BCUT2D eigenvalue weighted by Gasteiger charge is 2.27. The number of nitrogens with zero attached hydrogens (tertiary/aromatic N) is 1. The van der Waals surface area contributed by atoms with E-state index in [0.29, 0.717) is 0 Å². The van der Waals surface area contributed by atoms with Gasteiger partial charge in [-0.1, -0.05) is 0 Å². The van der Waals surface area contributed by atoms with Crippen molar-refractivity contribution in [1.29, 1.82) is 0 Å². The molecule has 0 heterocycles. The minimum absolute atomic E-state index is 0.000625. The summed E-state index contributed by atoms with van der Waals surface area (Å²) in [4.78, 5) is 21.6. The second-order valence-electron chi connectivity index (χ2n) is 3.63. The van der Waals surface area contributed by atoms with E-state index in [2.05, 4.69) is 10.0 Å². The fourth-order valence-corrected chi connectivity index (χ4v) is 2.60. The van der Waals surface area contributed by atoms with Gasteiger partial charge in [0, 0.05) is 18.7 Å². The summed E-state index contributed by atoms with van der Waals surface area (Å²) >= 11 is 0. The first-order chi connectivity index (χ1) is 8.76. The van der Waals surface area contributed by atoms with Crippen molar-refractivity contribution in [1.82, 2.24) is 10.0 Å². The zero-order valence-corrected chi connectivity index (χ0v) is 11.4. The molecule has 0 fully saturated rings. The predicted molar refractivity (Wildman–Crippen MR) is 67.5 cm³/mol. The standard InChI is InChI=1S/C10H13N3O5S/c1-6-7(13(15)16)4-5-8(19(17,18)12-3)9(6)10(14)11-2/h4-5,12H,1-3H3,(H,11,14). The second-order valence-corrected chi connectivity index (χ2v) is 5.48. The molecule has 0 radical (unpaired) electrons. The maximum atomic E-state index is 11.8. The summed E-state index contributed by atoms with van der Waals surface area (Å²) in [6, 6.07) is 2.10. The summed E-state index contributed by atoms with van der Waals surface area (Å²) in [7, 11) is -1.37. The van der Waals surface area contributed by atoms with Crippen LogP contribution in [0.2, 0.25) is 0 Å². The Bertz CT molecular complexity index is 639. The lowest BCUT2D eigenvalue weighted by atomic mass is 10.1. The molecule has 8 nitrogen and oxygen atoms in total. The van der Waals surface area contributed by atoms with Crippen LogP contribution in [-0.4, -0.2) is 33.3 Å². The van der Waals surface area contributed by atoms with Crippen LogP contribution in [-0.2, 0) is 10.0 Å². The zero-order chi connectivity index (χ0) is 14.8. The van der Waals surface area contributed by atoms with E-state index in [1.54, 1.807) is 0 Å². The van der Waals surface area contributed by atoms with Crippen LogP contribution in [0.5, 0.6) is 0 Å². The number of nitrogens with one attached hydrogen (secondary N) is 2. The largest absolute Gasteiger partial charge is 0.355 e. The molecular weight excluding hydrogens is 274 g/mol. The zero-order valence-electron chi connectivity index (χ0n) is 10.6. The van der Waals surface area contributed by atoms with Crippen LogP contribution in [0.4, 0.5) is 5.69 Å². The van der Waals surface area contributed by atoms with Gasteiger partial charge in [0.15, 0.2) is 0 Å². The molecule has 104 valence electrons. The molecular formula is C10H13N3O5S. The normalized spacial score (nSPS) is 11.1. The molecule has 0 bridgehead atoms. The predicted octanol–water partition coefficient (Wildman–Crippen LogP) is 0.171. The number of hydrogen-bond acceptors (Lipinski definition) is 5. The summed E-state index contributed by atoms with van der Waals surface area (Å²) in [6.45, 7) is 1.33. The van der Waals surface area contributed by atoms with E-state index in [1.165, 1.54) is 21.0 Å². The first-order valence-electron chi connectivity index (χ1n) is 5.20. The van der Waals surface area contributed by atoms with Gasteiger partial charge in [-0.15, -0.1) is 0 Å². The molecule has 1 aromatic carbocycles. The van der Waals surface area contributed by atoms with Crippen molar-refractivity contribution >= 4 is 21.6 Å². The Hall–Kier alpha value is -2.00. The Labute approximate surface area is 110 Å². The number of rotatable bonds is 4. The summed E-state index contributed by atoms with van der Waals surface area (Å²) in [5.41, 5.74) is -0.541. The van der Waals surface area contributed by atoms with Gasteiger partial charge in [0.1, 0.15) is 0 Å². The summed E-state index contributed by atoms with van der Waals surface area (Å²) in [6.07, 6.45) is 0. The molecule has 19 heavy (non-hydrogen) atoms. The fourth-order valence-electron chi connectivity index (χ4n) is 1.61. The lowest BCUT2D eigenvalue weighted by Gasteiger charge is -2.11. The lowest BCUT2D eigenvalue weighted by Crippen LogP contribution is -2.26. The van der Waals surface area contributed by atoms with Crippen LogP contribution < -0.4 is 10.0 Å². The number of nitro groups is 1. The van der Waals surface area contributed by atoms with Crippen LogP contribution in [0.25, 0.3) is 0 Å². The van der Waals surface area contributed by atoms with E-state index in [4.69, 9.17) is 0 Å². The van der Waals surface area contributed by atoms with Crippen molar-refractivity contribution in [3.05, 3.63) is 33.4 Å². The third kappa shape index (κ3) is 2.71. The van der Waals surface area contributed by atoms with Gasteiger partial charge in [0.05, 0.1) is 15.4 Å². The van der Waals surface area contributed by atoms with Gasteiger partial charge >= 0.3 is 0 Å². The van der Waals surface area contributed by atoms with Gasteiger partial charge < -0.3 is 5.32 Å². The van der Waals surface area contributed by atoms with Crippen LogP contribution in [0.15, 0.2) is 17.0 Å². The summed E-state index contributed by atoms with van der Waals surface area (Å²) in [5, 5.41) is 13.1. The quantitative estimate of drug-likeness (QED) is 0.604. The third-order valence-electron chi connectivity index (χ3n) is 2.61. The molecule has 0 unspecified atom stereocenters. The van der Waals surface area contributed by atoms with E-state index in [1.807, 2.05) is 0 Å². The smallest absolute Gasteiger partial charge is 0.273 e. The fraction of sp³-hybridized carbons (Fsp3) is 0.300. The van der Waals surface area contributed by atoms with E-state index in [0.717, 1.165) is 12.1 Å². The van der Waals surface area contributed by atoms with E-state index in [9.17, 15) is 23.3 Å². The molecule has 0 saturated carbocycles. The average molecular weight is 287 g/mol. The monoisotopic (exact) mass is 287 g/mol. The van der Waals surface area contributed by atoms with Gasteiger partial charge in [-0.3, -0.25) is 14.9 Å². The highest BCUT2D eigenvalue weighted by molar-refractivity contribution is 7.89. The highest BCUT2D eigenvalue weighted by atomic mass is 32.2. The van der Waals surface area contributed by atoms with Gasteiger partial charge in [0.25, 0.3) is 11.6 Å². The number of carbonyl (C=O) groups excluding carboxylic acids is 1. The Balaban J connectivity index is 3.73. The van der Waals surface area contributed by atoms with E-state index in [-0.39, 0.29) is 21.7 Å². The van der Waals surface area contributed by atoms with Crippen molar-refractivity contribution in [3.8, 4) is 0 Å². The maximum Gasteiger partial charge on any atom is 0.273 e. The molecule has 0 saturated heterocycles. The molecule has 1 aromatic rings. The topological polar surface area (TPSA) is 118 Å². The van der Waals surface area contributed by atoms with Crippen molar-refractivity contribution in [2.75, 3.05) is 14.1 Å². The first kappa shape index (κ1) is 15.1. The van der Waals surface area contributed by atoms with Crippen molar-refractivity contribution in [2.24, 2.45) is 0 Å². The minimum Gasteiger partial charge on any atom is -0.355 e. The molecule has 0 aliphatic heterocycles. The van der Waals surface area contributed by atoms with E-state index < -0.39 is 20.9 Å². The number of hydrogen-bond donors (Lipinski definition) is 2. The first-order valence-corrected chi connectivity index (χ1v) is 6.68. The Morgan fingerprint density at radius 2 is 1.89 bits per heavy atom. The Morgan fingerprint density at radius 1 is 1.32 bits per heavy atom. The van der Waals surface area contributed by atoms with Crippen molar-refractivity contribution in [3.63, 3.8) is 0 Å². The Kier molecular flexibility index (Phi) is 4.22. The minimum atomic E-state index is -3.88. The van der Waals surface area contributed by atoms with Crippen LogP contribution in [0, 0.1) is 17.0 Å². The van der Waals surface area contributed by atoms with Gasteiger partial charge in [-0.05, 0) is 20.0 Å². The third-order valence-corrected chi connectivity index (χ3v) is 4.06. The van der Waals surface area contributed by atoms with Crippen LogP contribution in [0.3, 0.4) is 0 Å². The number of benzene rings is 1. The second kappa shape index (κ2) is 5.33. The number of carbonyl (C=O) groups is 1. The highest BCUT2D eigenvalue weighted by Crippen LogP contribution is 2.27. The number of nitro benzene ring substituents is 1. The Morgan fingerprint density at radius 3 is 2.32 bits per heavy atom. The molecule has 0 aliphatic rings. The lowest BCUT2D eigenvalue weighted by molar-refractivity contribution is -0.385. The number of amides is 1. The SMILES string of the molecule is CNC(=O)c1c(S(=O)(=O)NC)ccc([N+](=O)[O-])c1C. The number of sulfonamides is 1. The maximum absolute atomic E-state index is 11.8. The van der Waals surface area contributed by atoms with Gasteiger partial charge in [0.2, 0.25) is 10.0 Å². The molecule has 9 heteroatoms. The average Bonchev–Trinajstić information content (AvgIpc) is 2.36. The van der Waals surface area contributed by atoms with Crippen molar-refractivity contribution < 1.29 is 18.1 Å². The molecule has 0 spiro atoms. The molecule has 0 aromatic heterocycles. The molecule has 1 amide bonds. The molecule has 1 rings (SSSR count). The van der Waals surface area contributed by atoms with Gasteiger partial charge in [-0.25, -0.2) is 13.1 Å². The van der Waals surface area contributed by atoms with Gasteiger partial charge in [-0.2, -0.15) is 0 Å². The molecule has 0 aliphatic carbocycles. The van der Waals surface area contributed by atoms with Crippen LogP contribution in [0.1, 0.15) is 15.9 Å². The summed E-state index contributed by atoms with van der Waals surface area (Å²) < 4.78 is 25.7. The molecule has 0 atom stereocenters. The summed E-state index contributed by atoms with van der Waals surface area (Å²) in [5.74, 6) is -0.699. The van der Waals surface area contributed by atoms with Crippen LogP contribution >= 0.6 is 0 Å². The van der Waals surface area contributed by atoms with E-state index >= 15 is 0 Å². The molecule has 2 N–H and O–H groups in total. The van der Waals surface area contributed by atoms with Crippen molar-refractivity contribution in [2.45, 2.75) is 11.8 Å².